The molecule has 0 bridgehead atoms. The van der Waals surface area contributed by atoms with Gasteiger partial charge in [-0.1, -0.05) is 29.8 Å². The van der Waals surface area contributed by atoms with Gasteiger partial charge in [0.15, 0.2) is 5.79 Å². The van der Waals surface area contributed by atoms with Gasteiger partial charge in [-0.2, -0.15) is 8.42 Å². The molecule has 0 radical (unpaired) electrons. The van der Waals surface area contributed by atoms with E-state index in [9.17, 15) is 8.42 Å². The van der Waals surface area contributed by atoms with Crippen LogP contribution >= 0.6 is 11.6 Å². The van der Waals surface area contributed by atoms with Crippen molar-refractivity contribution in [1.29, 1.82) is 0 Å². The van der Waals surface area contributed by atoms with Gasteiger partial charge in [0.05, 0.1) is 0 Å². The number of rotatable bonds is 4. The Morgan fingerprint density at radius 1 is 1.33 bits per heavy atom. The predicted octanol–water partition coefficient (Wildman–Crippen LogP) is 2.14. The van der Waals surface area contributed by atoms with E-state index in [-0.39, 0.29) is 0 Å². The monoisotopic (exact) mass is 335 g/mol. The van der Waals surface area contributed by atoms with Crippen LogP contribution in [0.2, 0.25) is 5.02 Å². The Kier molecular flexibility index (Phi) is 4.63. The van der Waals surface area contributed by atoms with Crippen LogP contribution in [-0.4, -0.2) is 26.4 Å². The van der Waals surface area contributed by atoms with Crippen LogP contribution in [0.5, 0.6) is 0 Å². The Hall–Kier alpha value is -0.700. The first-order chi connectivity index (χ1) is 9.59. The van der Waals surface area contributed by atoms with Crippen LogP contribution in [-0.2, 0) is 24.0 Å². The Morgan fingerprint density at radius 2 is 1.95 bits per heavy atom. The number of hydrogen-bond acceptors (Lipinski definition) is 5. The highest BCUT2D eigenvalue weighted by Gasteiger charge is 2.46. The van der Waals surface area contributed by atoms with Crippen LogP contribution in [0, 0.1) is 0 Å². The minimum absolute atomic E-state index is 0.511. The molecule has 1 aromatic rings. The van der Waals surface area contributed by atoms with Crippen molar-refractivity contribution in [2.24, 2.45) is 5.14 Å². The summed E-state index contributed by atoms with van der Waals surface area (Å²) in [6, 6.07) is 7.15. The van der Waals surface area contributed by atoms with Gasteiger partial charge in [-0.3, -0.25) is 4.18 Å². The van der Waals surface area contributed by atoms with Crippen molar-refractivity contribution >= 4 is 21.9 Å². The molecule has 1 heterocycles. The first kappa shape index (κ1) is 16.7. The summed E-state index contributed by atoms with van der Waals surface area (Å²) >= 11 is 6.18. The van der Waals surface area contributed by atoms with Crippen molar-refractivity contribution in [3.05, 3.63) is 34.9 Å². The fraction of sp³-hybridized carbons (Fsp3) is 0.538. The van der Waals surface area contributed by atoms with Gasteiger partial charge in [-0.05, 0) is 26.8 Å². The van der Waals surface area contributed by atoms with Gasteiger partial charge in [0.1, 0.15) is 18.3 Å². The van der Waals surface area contributed by atoms with Crippen LogP contribution in [0.4, 0.5) is 0 Å². The average molecular weight is 336 g/mol. The van der Waals surface area contributed by atoms with E-state index < -0.39 is 34.4 Å². The van der Waals surface area contributed by atoms with E-state index in [0.29, 0.717) is 10.6 Å². The van der Waals surface area contributed by atoms with E-state index >= 15 is 0 Å². The van der Waals surface area contributed by atoms with E-state index in [2.05, 4.69) is 0 Å². The molecule has 0 spiro atoms. The van der Waals surface area contributed by atoms with Gasteiger partial charge < -0.3 is 9.47 Å². The lowest BCUT2D eigenvalue weighted by Gasteiger charge is -2.23. The van der Waals surface area contributed by atoms with Crippen molar-refractivity contribution in [2.75, 3.05) is 0 Å². The standard InChI is InChI=1S/C13H18ClNO5S/c1-8(20-21(15,16)17)11-12(19-13(2,3)18-11)9-6-4-5-7-10(9)14/h4-8,11-12H,1-3H3,(H2,15,16,17). The van der Waals surface area contributed by atoms with Crippen molar-refractivity contribution in [3.8, 4) is 0 Å². The molecule has 2 rings (SSSR count). The number of ether oxygens (including phenoxy) is 2. The number of halogens is 1. The van der Waals surface area contributed by atoms with Crippen molar-refractivity contribution < 1.29 is 22.1 Å². The summed E-state index contributed by atoms with van der Waals surface area (Å²) in [5, 5.41) is 5.42. The quantitative estimate of drug-likeness (QED) is 0.910. The highest BCUT2D eigenvalue weighted by atomic mass is 35.5. The zero-order valence-electron chi connectivity index (χ0n) is 11.9. The molecular weight excluding hydrogens is 318 g/mol. The molecule has 1 aromatic carbocycles. The fourth-order valence-corrected chi connectivity index (χ4v) is 3.12. The molecule has 1 aliphatic rings. The summed E-state index contributed by atoms with van der Waals surface area (Å²) in [6.07, 6.45) is -2.02. The van der Waals surface area contributed by atoms with Gasteiger partial charge in [0.25, 0.3) is 0 Å². The molecule has 118 valence electrons. The van der Waals surface area contributed by atoms with E-state index in [1.54, 1.807) is 39.0 Å². The second kappa shape index (κ2) is 5.83. The third kappa shape index (κ3) is 4.15. The summed E-state index contributed by atoms with van der Waals surface area (Å²) in [7, 11) is -4.08. The van der Waals surface area contributed by atoms with Crippen molar-refractivity contribution in [2.45, 2.75) is 44.9 Å². The lowest BCUT2D eigenvalue weighted by molar-refractivity contribution is -0.153. The van der Waals surface area contributed by atoms with E-state index in [4.69, 9.17) is 30.4 Å². The van der Waals surface area contributed by atoms with E-state index in [1.165, 1.54) is 0 Å². The Labute approximate surface area is 129 Å². The molecule has 1 fully saturated rings. The normalized spacial score (nSPS) is 26.7. The first-order valence-corrected chi connectivity index (χ1v) is 8.25. The molecule has 8 heteroatoms. The maximum absolute atomic E-state index is 11.1. The van der Waals surface area contributed by atoms with Gasteiger partial charge in [-0.15, -0.1) is 0 Å². The highest BCUT2D eigenvalue weighted by Crippen LogP contribution is 2.42. The summed E-state index contributed by atoms with van der Waals surface area (Å²) in [4.78, 5) is 0. The zero-order chi connectivity index (χ0) is 15.8. The Morgan fingerprint density at radius 3 is 2.52 bits per heavy atom. The molecule has 3 unspecified atom stereocenters. The van der Waals surface area contributed by atoms with E-state index in [1.807, 2.05) is 6.07 Å². The Balaban J connectivity index is 2.32. The van der Waals surface area contributed by atoms with Crippen LogP contribution in [0.3, 0.4) is 0 Å². The third-order valence-electron chi connectivity index (χ3n) is 3.09. The first-order valence-electron chi connectivity index (χ1n) is 6.40. The smallest absolute Gasteiger partial charge is 0.333 e. The van der Waals surface area contributed by atoms with Gasteiger partial charge in [0, 0.05) is 10.6 Å². The number of benzene rings is 1. The zero-order valence-corrected chi connectivity index (χ0v) is 13.5. The summed E-state index contributed by atoms with van der Waals surface area (Å²) < 4.78 is 38.6. The van der Waals surface area contributed by atoms with Gasteiger partial charge >= 0.3 is 10.3 Å². The summed E-state index contributed by atoms with van der Waals surface area (Å²) in [5.41, 5.74) is 0.708. The second-order valence-electron chi connectivity index (χ2n) is 5.34. The van der Waals surface area contributed by atoms with Crippen molar-refractivity contribution in [1.82, 2.24) is 0 Å². The van der Waals surface area contributed by atoms with Gasteiger partial charge in [0.2, 0.25) is 0 Å². The molecule has 1 saturated heterocycles. The number of nitrogens with two attached hydrogens (primary N) is 1. The molecule has 1 aliphatic heterocycles. The molecule has 0 aromatic heterocycles. The summed E-state index contributed by atoms with van der Waals surface area (Å²) in [5.74, 6) is -0.884. The Bertz CT molecular complexity index is 619. The highest BCUT2D eigenvalue weighted by molar-refractivity contribution is 7.84. The fourth-order valence-electron chi connectivity index (χ4n) is 2.34. The maximum Gasteiger partial charge on any atom is 0.333 e. The second-order valence-corrected chi connectivity index (χ2v) is 6.92. The molecule has 0 aliphatic carbocycles. The van der Waals surface area contributed by atoms with Crippen LogP contribution in [0.25, 0.3) is 0 Å². The molecule has 0 saturated carbocycles. The van der Waals surface area contributed by atoms with Gasteiger partial charge in [-0.25, -0.2) is 5.14 Å². The largest absolute Gasteiger partial charge is 0.341 e. The van der Waals surface area contributed by atoms with Crippen LogP contribution in [0.1, 0.15) is 32.4 Å². The molecule has 21 heavy (non-hydrogen) atoms. The molecule has 2 N–H and O–H groups in total. The minimum atomic E-state index is -4.08. The van der Waals surface area contributed by atoms with E-state index in [0.717, 1.165) is 0 Å². The third-order valence-corrected chi connectivity index (χ3v) is 4.01. The molecular formula is C13H18ClNO5S. The lowest BCUT2D eigenvalue weighted by Crippen LogP contribution is -2.35. The summed E-state index contributed by atoms with van der Waals surface area (Å²) in [6.45, 7) is 5.03. The van der Waals surface area contributed by atoms with Crippen molar-refractivity contribution in [3.63, 3.8) is 0 Å². The van der Waals surface area contributed by atoms with Crippen LogP contribution in [0.15, 0.2) is 24.3 Å². The average Bonchev–Trinajstić information content (AvgIpc) is 2.64. The predicted molar refractivity (Wildman–Crippen MR) is 77.9 cm³/mol. The SMILES string of the molecule is CC(OS(N)(=O)=O)C1OC(C)(C)OC1c1ccccc1Cl. The number of hydrogen-bond donors (Lipinski definition) is 1. The maximum atomic E-state index is 11.1. The van der Waals surface area contributed by atoms with Crippen LogP contribution < -0.4 is 5.14 Å². The minimum Gasteiger partial charge on any atom is -0.341 e. The molecule has 0 amide bonds. The lowest BCUT2D eigenvalue weighted by atomic mass is 10.0. The molecule has 3 atom stereocenters. The topological polar surface area (TPSA) is 87.9 Å². The molecule has 6 nitrogen and oxygen atoms in total.